The minimum absolute atomic E-state index is 0.0457. The lowest BCUT2D eigenvalue weighted by Crippen LogP contribution is -2.49. The number of fused-ring (bicyclic) bond motifs is 1. The molecule has 0 unspecified atom stereocenters. The highest BCUT2D eigenvalue weighted by molar-refractivity contribution is 5.94. The molecule has 1 aliphatic heterocycles. The molecule has 1 saturated heterocycles. The molecule has 0 spiro atoms. The highest BCUT2D eigenvalue weighted by Crippen LogP contribution is 2.26. The van der Waals surface area contributed by atoms with E-state index in [1.165, 1.54) is 33.9 Å². The molecule has 3 heterocycles. The summed E-state index contributed by atoms with van der Waals surface area (Å²) in [5.41, 5.74) is -0.0375. The van der Waals surface area contributed by atoms with E-state index in [4.69, 9.17) is 4.74 Å². The molecule has 0 aliphatic carbocycles. The Kier molecular flexibility index (Phi) is 6.61. The van der Waals surface area contributed by atoms with Crippen LogP contribution in [0.5, 0.6) is 11.5 Å². The van der Waals surface area contributed by atoms with E-state index in [-0.39, 0.29) is 23.8 Å². The Balaban J connectivity index is 1.11. The number of likely N-dealkylation sites (tertiary alicyclic amines) is 1. The summed E-state index contributed by atoms with van der Waals surface area (Å²) in [7, 11) is 0. The van der Waals surface area contributed by atoms with Gasteiger partial charge in [-0.05, 0) is 73.5 Å². The van der Waals surface area contributed by atoms with Crippen LogP contribution in [-0.4, -0.2) is 53.9 Å². The van der Waals surface area contributed by atoms with Crippen molar-refractivity contribution in [3.05, 3.63) is 113 Å². The second-order valence-corrected chi connectivity index (χ2v) is 9.90. The summed E-state index contributed by atoms with van der Waals surface area (Å²) in [5, 5.41) is 15.8. The Labute approximate surface area is 228 Å². The standard InChI is InChI=1S/C30H26FN5O4/c31-22-8-10-23(11-9-22)36-27-26(18-33-36)29(38)35(20-32-27)19-30(39)14-16-34(17-15-30)28(37)21-6-12-25(13-7-21)40-24-4-2-1-3-5-24/h1-13,18,20,39H,14-17,19H2. The van der Waals surface area contributed by atoms with Crippen LogP contribution < -0.4 is 10.3 Å². The molecule has 1 amide bonds. The molecular weight excluding hydrogens is 513 g/mol. The van der Waals surface area contributed by atoms with Gasteiger partial charge in [0.2, 0.25) is 0 Å². The fraction of sp³-hybridized carbons (Fsp3) is 0.200. The third-order valence-corrected chi connectivity index (χ3v) is 7.15. The largest absolute Gasteiger partial charge is 0.457 e. The lowest BCUT2D eigenvalue weighted by molar-refractivity contribution is -0.0299. The molecule has 3 aromatic carbocycles. The third-order valence-electron chi connectivity index (χ3n) is 7.15. The first-order valence-electron chi connectivity index (χ1n) is 12.9. The molecule has 202 valence electrons. The van der Waals surface area contributed by atoms with Crippen molar-refractivity contribution >= 4 is 16.9 Å². The van der Waals surface area contributed by atoms with Crippen LogP contribution in [0.25, 0.3) is 16.7 Å². The molecule has 1 aliphatic rings. The molecule has 2 aromatic heterocycles. The van der Waals surface area contributed by atoms with E-state index in [0.29, 0.717) is 59.7 Å². The molecule has 0 saturated carbocycles. The molecule has 5 aromatic rings. The second-order valence-electron chi connectivity index (χ2n) is 9.90. The van der Waals surface area contributed by atoms with Crippen molar-refractivity contribution in [2.75, 3.05) is 13.1 Å². The van der Waals surface area contributed by atoms with Crippen molar-refractivity contribution < 1.29 is 19.0 Å². The Morgan fingerprint density at radius 2 is 1.62 bits per heavy atom. The maximum absolute atomic E-state index is 13.3. The van der Waals surface area contributed by atoms with E-state index in [1.54, 1.807) is 41.3 Å². The van der Waals surface area contributed by atoms with Crippen LogP contribution in [0.4, 0.5) is 4.39 Å². The van der Waals surface area contributed by atoms with Crippen molar-refractivity contribution in [2.45, 2.75) is 25.0 Å². The highest BCUT2D eigenvalue weighted by Gasteiger charge is 2.35. The van der Waals surface area contributed by atoms with Crippen molar-refractivity contribution in [1.82, 2.24) is 24.2 Å². The topological polar surface area (TPSA) is 102 Å². The number of nitrogens with zero attached hydrogens (tertiary/aromatic N) is 5. The summed E-state index contributed by atoms with van der Waals surface area (Å²) in [4.78, 5) is 32.4. The summed E-state index contributed by atoms with van der Waals surface area (Å²) in [6, 6.07) is 22.1. The van der Waals surface area contributed by atoms with Gasteiger partial charge in [-0.25, -0.2) is 14.1 Å². The molecule has 40 heavy (non-hydrogen) atoms. The average molecular weight is 540 g/mol. The van der Waals surface area contributed by atoms with Gasteiger partial charge in [-0.1, -0.05) is 18.2 Å². The quantitative estimate of drug-likeness (QED) is 0.347. The summed E-state index contributed by atoms with van der Waals surface area (Å²) in [5.74, 6) is 0.853. The summed E-state index contributed by atoms with van der Waals surface area (Å²) in [6.45, 7) is 0.749. The van der Waals surface area contributed by atoms with Crippen molar-refractivity contribution in [3.8, 4) is 17.2 Å². The molecule has 6 rings (SSSR count). The van der Waals surface area contributed by atoms with Crippen molar-refractivity contribution in [2.24, 2.45) is 0 Å². The number of benzene rings is 3. The molecule has 1 N–H and O–H groups in total. The maximum Gasteiger partial charge on any atom is 0.264 e. The van der Waals surface area contributed by atoms with Gasteiger partial charge in [0.25, 0.3) is 11.5 Å². The predicted molar refractivity (Wildman–Crippen MR) is 146 cm³/mol. The van der Waals surface area contributed by atoms with Crippen LogP contribution in [0.15, 0.2) is 96.2 Å². The number of carbonyl (C=O) groups is 1. The lowest BCUT2D eigenvalue weighted by atomic mass is 9.91. The Hall–Kier alpha value is -4.83. The first kappa shape index (κ1) is 25.4. The van der Waals surface area contributed by atoms with Gasteiger partial charge in [0, 0.05) is 18.7 Å². The SMILES string of the molecule is O=C(c1ccc(Oc2ccccc2)cc1)N1CCC(O)(Cn2cnc3c(cnn3-c3ccc(F)cc3)c2=O)CC1. The fourth-order valence-electron chi connectivity index (χ4n) is 4.91. The number of piperidine rings is 1. The van der Waals surface area contributed by atoms with Crippen molar-refractivity contribution in [3.63, 3.8) is 0 Å². The smallest absolute Gasteiger partial charge is 0.264 e. The Bertz CT molecular complexity index is 1710. The zero-order valence-electron chi connectivity index (χ0n) is 21.5. The maximum atomic E-state index is 13.3. The summed E-state index contributed by atoms with van der Waals surface area (Å²) < 4.78 is 22.0. The van der Waals surface area contributed by atoms with Gasteiger partial charge in [-0.2, -0.15) is 5.10 Å². The van der Waals surface area contributed by atoms with E-state index in [2.05, 4.69) is 10.1 Å². The molecule has 10 heteroatoms. The predicted octanol–water partition coefficient (Wildman–Crippen LogP) is 4.18. The number of carbonyl (C=O) groups excluding carboxylic acids is 1. The summed E-state index contributed by atoms with van der Waals surface area (Å²) in [6.07, 6.45) is 3.44. The fourth-order valence-corrected chi connectivity index (χ4v) is 4.91. The summed E-state index contributed by atoms with van der Waals surface area (Å²) >= 11 is 0. The number of aromatic nitrogens is 4. The van der Waals surface area contributed by atoms with E-state index in [0.717, 1.165) is 0 Å². The molecule has 0 bridgehead atoms. The van der Waals surface area contributed by atoms with E-state index in [1.807, 2.05) is 30.3 Å². The molecular formula is C30H26FN5O4. The van der Waals surface area contributed by atoms with Gasteiger partial charge in [0.05, 0.1) is 24.0 Å². The van der Waals surface area contributed by atoms with Gasteiger partial charge >= 0.3 is 0 Å². The Morgan fingerprint density at radius 1 is 0.950 bits per heavy atom. The molecule has 0 atom stereocenters. The van der Waals surface area contributed by atoms with Gasteiger partial charge < -0.3 is 14.7 Å². The van der Waals surface area contributed by atoms with Gasteiger partial charge in [-0.3, -0.25) is 14.2 Å². The van der Waals surface area contributed by atoms with Crippen LogP contribution in [-0.2, 0) is 6.54 Å². The van der Waals surface area contributed by atoms with Crippen LogP contribution in [0.1, 0.15) is 23.2 Å². The average Bonchev–Trinajstić information content (AvgIpc) is 3.41. The Morgan fingerprint density at radius 3 is 2.33 bits per heavy atom. The first-order valence-corrected chi connectivity index (χ1v) is 12.9. The molecule has 1 fully saturated rings. The third kappa shape index (κ3) is 5.08. The highest BCUT2D eigenvalue weighted by atomic mass is 19.1. The second kappa shape index (κ2) is 10.4. The number of ether oxygens (including phenoxy) is 1. The number of amides is 1. The van der Waals surface area contributed by atoms with Crippen LogP contribution in [0.2, 0.25) is 0 Å². The number of para-hydroxylation sites is 1. The minimum atomic E-state index is -1.17. The minimum Gasteiger partial charge on any atom is -0.457 e. The zero-order valence-corrected chi connectivity index (χ0v) is 21.5. The number of halogens is 1. The molecule has 9 nitrogen and oxygen atoms in total. The lowest BCUT2D eigenvalue weighted by Gasteiger charge is -2.38. The van der Waals surface area contributed by atoms with Crippen LogP contribution in [0.3, 0.4) is 0 Å². The van der Waals surface area contributed by atoms with Gasteiger partial charge in [0.1, 0.15) is 29.0 Å². The van der Waals surface area contributed by atoms with Crippen molar-refractivity contribution in [1.29, 1.82) is 0 Å². The zero-order chi connectivity index (χ0) is 27.7. The normalized spacial score (nSPS) is 14.8. The van der Waals surface area contributed by atoms with E-state index in [9.17, 15) is 19.1 Å². The van der Waals surface area contributed by atoms with Gasteiger partial charge in [0.15, 0.2) is 5.65 Å². The number of rotatable bonds is 6. The number of aliphatic hydroxyl groups is 1. The van der Waals surface area contributed by atoms with Gasteiger partial charge in [-0.15, -0.1) is 0 Å². The van der Waals surface area contributed by atoms with E-state index >= 15 is 0 Å². The number of hydrogen-bond donors (Lipinski definition) is 1. The monoisotopic (exact) mass is 539 g/mol. The number of hydrogen-bond acceptors (Lipinski definition) is 6. The van der Waals surface area contributed by atoms with Crippen LogP contribution in [0, 0.1) is 5.82 Å². The first-order chi connectivity index (χ1) is 19.4. The molecule has 0 radical (unpaired) electrons. The van der Waals surface area contributed by atoms with E-state index < -0.39 is 5.60 Å². The van der Waals surface area contributed by atoms with Crippen LogP contribution >= 0.6 is 0 Å².